The number of Topliss-reactive ketones (excluding diaryl/α,β-unsaturated/α-hetero) is 1. The summed E-state index contributed by atoms with van der Waals surface area (Å²) < 4.78 is 4.91. The minimum atomic E-state index is 0.0741. The second kappa shape index (κ2) is 4.45. The molecule has 60 valence electrons. The topological polar surface area (TPSA) is 26.3 Å². The summed E-state index contributed by atoms with van der Waals surface area (Å²) in [5.41, 5.74) is 0. The monoisotopic (exact) mass is 144 g/mol. The molecule has 0 rings (SSSR count). The second-order valence-corrected chi connectivity index (χ2v) is 2.92. The first-order valence-corrected chi connectivity index (χ1v) is 3.59. The molecule has 0 aliphatic rings. The first-order valence-electron chi connectivity index (χ1n) is 3.59. The van der Waals surface area contributed by atoms with Gasteiger partial charge in [0.25, 0.3) is 0 Å². The highest BCUT2D eigenvalue weighted by Crippen LogP contribution is 2.11. The maximum Gasteiger partial charge on any atom is 0.135 e. The Morgan fingerprint density at radius 2 is 2.00 bits per heavy atom. The third-order valence-corrected chi connectivity index (χ3v) is 1.67. The van der Waals surface area contributed by atoms with Crippen molar-refractivity contribution in [3.63, 3.8) is 0 Å². The molecule has 0 spiro atoms. The van der Waals surface area contributed by atoms with Gasteiger partial charge in [0.2, 0.25) is 0 Å². The number of hydrogen-bond donors (Lipinski definition) is 0. The van der Waals surface area contributed by atoms with E-state index in [0.29, 0.717) is 12.5 Å². The smallest absolute Gasteiger partial charge is 0.135 e. The summed E-state index contributed by atoms with van der Waals surface area (Å²) in [6, 6.07) is 0. The molecule has 10 heavy (non-hydrogen) atoms. The van der Waals surface area contributed by atoms with Crippen molar-refractivity contribution in [1.82, 2.24) is 0 Å². The lowest BCUT2D eigenvalue weighted by atomic mass is 9.93. The Balaban J connectivity index is 3.85. The quantitative estimate of drug-likeness (QED) is 0.597. The summed E-state index contributed by atoms with van der Waals surface area (Å²) in [4.78, 5) is 10.9. The van der Waals surface area contributed by atoms with E-state index in [1.165, 1.54) is 0 Å². The molecule has 2 nitrogen and oxygen atoms in total. The lowest BCUT2D eigenvalue weighted by molar-refractivity contribution is -0.123. The number of rotatable bonds is 4. The van der Waals surface area contributed by atoms with Crippen LogP contribution in [0.5, 0.6) is 0 Å². The molecule has 0 aliphatic heterocycles. The normalized spacial score (nSPS) is 13.7. The van der Waals surface area contributed by atoms with Crippen LogP contribution in [-0.4, -0.2) is 19.5 Å². The van der Waals surface area contributed by atoms with Gasteiger partial charge in [0.05, 0.1) is 6.61 Å². The maximum absolute atomic E-state index is 10.9. The number of carbonyl (C=O) groups excluding carboxylic acids is 1. The van der Waals surface area contributed by atoms with E-state index < -0.39 is 0 Å². The predicted molar refractivity (Wildman–Crippen MR) is 40.9 cm³/mol. The van der Waals surface area contributed by atoms with Crippen LogP contribution in [0.15, 0.2) is 0 Å². The maximum atomic E-state index is 10.9. The van der Waals surface area contributed by atoms with E-state index in [4.69, 9.17) is 4.74 Å². The summed E-state index contributed by atoms with van der Waals surface area (Å²) in [7, 11) is 1.62. The predicted octanol–water partition coefficient (Wildman–Crippen LogP) is 1.49. The number of carbonyl (C=O) groups is 1. The van der Waals surface area contributed by atoms with Gasteiger partial charge in [-0.25, -0.2) is 0 Å². The number of methoxy groups -OCH3 is 1. The first kappa shape index (κ1) is 9.63. The largest absolute Gasteiger partial charge is 0.384 e. The zero-order valence-corrected chi connectivity index (χ0v) is 7.18. The van der Waals surface area contributed by atoms with Crippen molar-refractivity contribution in [2.45, 2.75) is 20.8 Å². The fourth-order valence-corrected chi connectivity index (χ4v) is 0.959. The highest BCUT2D eigenvalue weighted by Gasteiger charge is 2.17. The minimum Gasteiger partial charge on any atom is -0.384 e. The summed E-state index contributed by atoms with van der Waals surface area (Å²) in [5, 5.41) is 0. The van der Waals surface area contributed by atoms with Crippen LogP contribution in [0.2, 0.25) is 0 Å². The molecule has 1 atom stereocenters. The molecule has 0 heterocycles. The van der Waals surface area contributed by atoms with E-state index in [-0.39, 0.29) is 11.7 Å². The summed E-state index contributed by atoms with van der Waals surface area (Å²) >= 11 is 0. The molecule has 0 saturated heterocycles. The molecule has 0 N–H and O–H groups in total. The van der Waals surface area contributed by atoms with Crippen molar-refractivity contribution >= 4 is 5.78 Å². The zero-order valence-electron chi connectivity index (χ0n) is 7.18. The standard InChI is InChI=1S/C8H16O2/c1-6(2)8(5-10-4)7(3)9/h6,8H,5H2,1-4H3. The number of ether oxygens (including phenoxy) is 1. The molecule has 0 saturated carbocycles. The summed E-state index contributed by atoms with van der Waals surface area (Å²) in [6.07, 6.45) is 0. The van der Waals surface area contributed by atoms with Crippen LogP contribution in [0.3, 0.4) is 0 Å². The highest BCUT2D eigenvalue weighted by atomic mass is 16.5. The van der Waals surface area contributed by atoms with Crippen molar-refractivity contribution in [2.75, 3.05) is 13.7 Å². The Labute approximate surface area is 62.6 Å². The Bertz CT molecular complexity index is 108. The van der Waals surface area contributed by atoms with E-state index in [1.54, 1.807) is 14.0 Å². The van der Waals surface area contributed by atoms with Crippen molar-refractivity contribution in [2.24, 2.45) is 11.8 Å². The molecular weight excluding hydrogens is 128 g/mol. The van der Waals surface area contributed by atoms with Crippen LogP contribution in [0, 0.1) is 11.8 Å². The fourth-order valence-electron chi connectivity index (χ4n) is 0.959. The lowest BCUT2D eigenvalue weighted by Gasteiger charge is -2.15. The van der Waals surface area contributed by atoms with Crippen LogP contribution >= 0.6 is 0 Å². The zero-order chi connectivity index (χ0) is 8.15. The van der Waals surface area contributed by atoms with Crippen LogP contribution in [-0.2, 0) is 9.53 Å². The van der Waals surface area contributed by atoms with Gasteiger partial charge in [-0.3, -0.25) is 4.79 Å². The van der Waals surface area contributed by atoms with Gasteiger partial charge in [-0.1, -0.05) is 13.8 Å². The fraction of sp³-hybridized carbons (Fsp3) is 0.875. The Morgan fingerprint density at radius 1 is 1.50 bits per heavy atom. The van der Waals surface area contributed by atoms with Crippen LogP contribution in [0.1, 0.15) is 20.8 Å². The molecule has 0 aliphatic carbocycles. The Hall–Kier alpha value is -0.370. The average molecular weight is 144 g/mol. The van der Waals surface area contributed by atoms with E-state index in [9.17, 15) is 4.79 Å². The van der Waals surface area contributed by atoms with Gasteiger partial charge in [0, 0.05) is 13.0 Å². The third kappa shape index (κ3) is 2.97. The Morgan fingerprint density at radius 3 is 2.10 bits per heavy atom. The van der Waals surface area contributed by atoms with Crippen molar-refractivity contribution < 1.29 is 9.53 Å². The molecule has 0 aromatic rings. The van der Waals surface area contributed by atoms with Gasteiger partial charge < -0.3 is 4.74 Å². The second-order valence-electron chi connectivity index (χ2n) is 2.92. The molecule has 1 unspecified atom stereocenters. The van der Waals surface area contributed by atoms with E-state index in [1.807, 2.05) is 13.8 Å². The molecule has 0 aromatic heterocycles. The van der Waals surface area contributed by atoms with E-state index >= 15 is 0 Å². The Kier molecular flexibility index (Phi) is 4.28. The van der Waals surface area contributed by atoms with Gasteiger partial charge in [-0.05, 0) is 12.8 Å². The van der Waals surface area contributed by atoms with Crippen LogP contribution in [0.25, 0.3) is 0 Å². The van der Waals surface area contributed by atoms with Crippen LogP contribution < -0.4 is 0 Å². The SMILES string of the molecule is COCC(C(C)=O)C(C)C. The summed E-state index contributed by atoms with van der Waals surface area (Å²) in [5.74, 6) is 0.680. The molecule has 2 heteroatoms. The lowest BCUT2D eigenvalue weighted by Crippen LogP contribution is -2.22. The molecular formula is C8H16O2. The minimum absolute atomic E-state index is 0.0741. The van der Waals surface area contributed by atoms with Crippen molar-refractivity contribution in [3.05, 3.63) is 0 Å². The highest BCUT2D eigenvalue weighted by molar-refractivity contribution is 5.78. The molecule has 0 radical (unpaired) electrons. The van der Waals surface area contributed by atoms with Gasteiger partial charge in [0.15, 0.2) is 0 Å². The van der Waals surface area contributed by atoms with Gasteiger partial charge >= 0.3 is 0 Å². The van der Waals surface area contributed by atoms with Gasteiger partial charge in [0.1, 0.15) is 5.78 Å². The van der Waals surface area contributed by atoms with Crippen molar-refractivity contribution in [1.29, 1.82) is 0 Å². The van der Waals surface area contributed by atoms with Crippen molar-refractivity contribution in [3.8, 4) is 0 Å². The molecule has 0 amide bonds. The van der Waals surface area contributed by atoms with Gasteiger partial charge in [-0.15, -0.1) is 0 Å². The average Bonchev–Trinajstić information content (AvgIpc) is 1.81. The number of hydrogen-bond acceptors (Lipinski definition) is 2. The molecule has 0 fully saturated rings. The first-order chi connectivity index (χ1) is 4.59. The third-order valence-electron chi connectivity index (χ3n) is 1.67. The summed E-state index contributed by atoms with van der Waals surface area (Å²) in [6.45, 7) is 6.23. The van der Waals surface area contributed by atoms with Crippen LogP contribution in [0.4, 0.5) is 0 Å². The van der Waals surface area contributed by atoms with E-state index in [0.717, 1.165) is 0 Å². The van der Waals surface area contributed by atoms with E-state index in [2.05, 4.69) is 0 Å². The van der Waals surface area contributed by atoms with Gasteiger partial charge in [-0.2, -0.15) is 0 Å². The number of ketones is 1. The molecule has 0 bridgehead atoms. The molecule has 0 aromatic carbocycles.